The van der Waals surface area contributed by atoms with Crippen molar-refractivity contribution in [3.8, 4) is 0 Å². The molecule has 0 heterocycles. The Kier molecular flexibility index (Phi) is 6.09. The zero-order chi connectivity index (χ0) is 15.5. The normalized spacial score (nSPS) is 36.3. The van der Waals surface area contributed by atoms with E-state index in [1.54, 1.807) is 0 Å². The third-order valence-electron chi connectivity index (χ3n) is 5.88. The molecule has 0 saturated heterocycles. The second kappa shape index (κ2) is 7.42. The van der Waals surface area contributed by atoms with Gasteiger partial charge in [0.05, 0.1) is 5.25 Å². The van der Waals surface area contributed by atoms with E-state index in [1.807, 2.05) is 0 Å². The van der Waals surface area contributed by atoms with Crippen LogP contribution in [0.5, 0.6) is 0 Å². The van der Waals surface area contributed by atoms with Gasteiger partial charge in [-0.15, -0.1) is 0 Å². The minimum atomic E-state index is -2.92. The number of hydrogen-bond acceptors (Lipinski definition) is 4. The molecule has 5 heteroatoms. The maximum atomic E-state index is 11.9. The molecule has 0 radical (unpaired) electrons. The Morgan fingerprint density at radius 2 is 1.71 bits per heavy atom. The molecule has 0 aromatic rings. The number of hydrazine groups is 1. The predicted molar refractivity (Wildman–Crippen MR) is 87.4 cm³/mol. The van der Waals surface area contributed by atoms with Crippen molar-refractivity contribution in [2.45, 2.75) is 76.0 Å². The van der Waals surface area contributed by atoms with Gasteiger partial charge in [0.25, 0.3) is 0 Å². The summed E-state index contributed by atoms with van der Waals surface area (Å²) in [5.74, 6) is 7.75. The number of hydrogen-bond donors (Lipinski definition) is 2. The maximum Gasteiger partial charge on any atom is 0.150 e. The first-order valence-electron chi connectivity index (χ1n) is 8.60. The zero-order valence-electron chi connectivity index (χ0n) is 13.6. The molecule has 2 aliphatic carbocycles. The quantitative estimate of drug-likeness (QED) is 0.604. The lowest BCUT2D eigenvalue weighted by atomic mass is 9.71. The molecule has 3 N–H and O–H groups in total. The molecule has 0 aromatic carbocycles. The maximum absolute atomic E-state index is 11.9. The van der Waals surface area contributed by atoms with Crippen LogP contribution in [0.15, 0.2) is 0 Å². The summed E-state index contributed by atoms with van der Waals surface area (Å²) < 4.78 is 23.7. The first-order valence-corrected chi connectivity index (χ1v) is 10.6. The molecular formula is C16H32N2O2S. The van der Waals surface area contributed by atoms with Crippen LogP contribution < -0.4 is 11.3 Å². The Hall–Kier alpha value is -0.130. The average Bonchev–Trinajstić information content (AvgIpc) is 2.48. The van der Waals surface area contributed by atoms with Crippen LogP contribution in [0.2, 0.25) is 0 Å². The molecule has 2 saturated carbocycles. The number of sulfone groups is 1. The molecule has 0 aromatic heterocycles. The first kappa shape index (κ1) is 17.2. The van der Waals surface area contributed by atoms with Crippen molar-refractivity contribution in [1.82, 2.24) is 5.43 Å². The van der Waals surface area contributed by atoms with Gasteiger partial charge in [-0.25, -0.2) is 8.42 Å². The largest absolute Gasteiger partial charge is 0.271 e. The average molecular weight is 317 g/mol. The van der Waals surface area contributed by atoms with Gasteiger partial charge in [-0.1, -0.05) is 32.6 Å². The summed E-state index contributed by atoms with van der Waals surface area (Å²) in [5, 5.41) is -0.155. The van der Waals surface area contributed by atoms with E-state index >= 15 is 0 Å². The van der Waals surface area contributed by atoms with Crippen LogP contribution in [-0.4, -0.2) is 26.0 Å². The summed E-state index contributed by atoms with van der Waals surface area (Å²) in [7, 11) is -2.92. The van der Waals surface area contributed by atoms with Gasteiger partial charge in [0.15, 0.2) is 0 Å². The van der Waals surface area contributed by atoms with Gasteiger partial charge in [0, 0.05) is 12.3 Å². The molecular weight excluding hydrogens is 284 g/mol. The summed E-state index contributed by atoms with van der Waals surface area (Å²) in [5.41, 5.74) is 3.06. The van der Waals surface area contributed by atoms with E-state index in [4.69, 9.17) is 5.84 Å². The second-order valence-electron chi connectivity index (χ2n) is 7.27. The van der Waals surface area contributed by atoms with Crippen LogP contribution in [-0.2, 0) is 9.84 Å². The van der Waals surface area contributed by atoms with E-state index < -0.39 is 9.84 Å². The standard InChI is InChI=1S/C16H32N2O2S/c1-3-12-6-4-7-13(10-12)16(18-17)14-8-5-9-15(11-14)21(2,19)20/h12-16,18H,3-11,17H2,1-2H3. The van der Waals surface area contributed by atoms with Gasteiger partial charge in [0.2, 0.25) is 0 Å². The van der Waals surface area contributed by atoms with Gasteiger partial charge >= 0.3 is 0 Å². The fraction of sp³-hybridized carbons (Fsp3) is 1.00. The number of nitrogens with one attached hydrogen (secondary N) is 1. The zero-order valence-corrected chi connectivity index (χ0v) is 14.4. The number of nitrogens with two attached hydrogens (primary N) is 1. The Morgan fingerprint density at radius 3 is 2.29 bits per heavy atom. The lowest BCUT2D eigenvalue weighted by Crippen LogP contribution is -2.49. The summed E-state index contributed by atoms with van der Waals surface area (Å²) in [6.45, 7) is 2.28. The van der Waals surface area contributed by atoms with Gasteiger partial charge < -0.3 is 0 Å². The highest BCUT2D eigenvalue weighted by atomic mass is 32.2. The second-order valence-corrected chi connectivity index (χ2v) is 9.60. The highest BCUT2D eigenvalue weighted by Crippen LogP contribution is 2.39. The van der Waals surface area contributed by atoms with Crippen molar-refractivity contribution < 1.29 is 8.42 Å². The van der Waals surface area contributed by atoms with Crippen molar-refractivity contribution in [3.05, 3.63) is 0 Å². The van der Waals surface area contributed by atoms with E-state index in [0.29, 0.717) is 17.9 Å². The number of rotatable bonds is 5. The van der Waals surface area contributed by atoms with Crippen LogP contribution in [0.25, 0.3) is 0 Å². The van der Waals surface area contributed by atoms with Crippen LogP contribution >= 0.6 is 0 Å². The van der Waals surface area contributed by atoms with E-state index in [-0.39, 0.29) is 5.25 Å². The van der Waals surface area contributed by atoms with Crippen molar-refractivity contribution in [2.75, 3.05) is 6.26 Å². The molecule has 2 fully saturated rings. The SMILES string of the molecule is CCC1CCCC(C(NN)C2CCCC(S(C)(=O)=O)C2)C1. The fourth-order valence-electron chi connectivity index (χ4n) is 4.58. The summed E-state index contributed by atoms with van der Waals surface area (Å²) >= 11 is 0. The van der Waals surface area contributed by atoms with Crippen molar-refractivity contribution in [1.29, 1.82) is 0 Å². The van der Waals surface area contributed by atoms with Crippen molar-refractivity contribution in [2.24, 2.45) is 23.6 Å². The summed E-state index contributed by atoms with van der Waals surface area (Å²) in [6.07, 6.45) is 11.5. The third kappa shape index (κ3) is 4.42. The topological polar surface area (TPSA) is 72.2 Å². The third-order valence-corrected chi connectivity index (χ3v) is 7.52. The molecule has 21 heavy (non-hydrogen) atoms. The monoisotopic (exact) mass is 316 g/mol. The lowest BCUT2D eigenvalue weighted by Gasteiger charge is -2.40. The Morgan fingerprint density at radius 1 is 1.10 bits per heavy atom. The van der Waals surface area contributed by atoms with E-state index in [1.165, 1.54) is 38.4 Å². The molecule has 0 amide bonds. The van der Waals surface area contributed by atoms with Gasteiger partial charge in [-0.2, -0.15) is 0 Å². The summed E-state index contributed by atoms with van der Waals surface area (Å²) in [6, 6.07) is 0.295. The minimum Gasteiger partial charge on any atom is -0.271 e. The highest BCUT2D eigenvalue weighted by Gasteiger charge is 2.37. The van der Waals surface area contributed by atoms with Crippen LogP contribution in [0.3, 0.4) is 0 Å². The van der Waals surface area contributed by atoms with E-state index in [2.05, 4.69) is 12.3 Å². The predicted octanol–water partition coefficient (Wildman–Crippen LogP) is 2.64. The van der Waals surface area contributed by atoms with Gasteiger partial charge in [0.1, 0.15) is 9.84 Å². The minimum absolute atomic E-state index is 0.155. The first-order chi connectivity index (χ1) is 9.95. The molecule has 0 spiro atoms. The fourth-order valence-corrected chi connectivity index (χ4v) is 5.77. The van der Waals surface area contributed by atoms with Crippen LogP contribution in [0.4, 0.5) is 0 Å². The van der Waals surface area contributed by atoms with Crippen molar-refractivity contribution >= 4 is 9.84 Å². The van der Waals surface area contributed by atoms with E-state index in [0.717, 1.165) is 31.6 Å². The van der Waals surface area contributed by atoms with Crippen LogP contribution in [0, 0.1) is 17.8 Å². The Bertz CT molecular complexity index is 424. The molecule has 0 aliphatic heterocycles. The highest BCUT2D eigenvalue weighted by molar-refractivity contribution is 7.91. The van der Waals surface area contributed by atoms with Gasteiger partial charge in [-0.3, -0.25) is 11.3 Å². The molecule has 2 aliphatic rings. The molecule has 5 unspecified atom stereocenters. The van der Waals surface area contributed by atoms with Crippen molar-refractivity contribution in [3.63, 3.8) is 0 Å². The molecule has 4 nitrogen and oxygen atoms in total. The van der Waals surface area contributed by atoms with E-state index in [9.17, 15) is 8.42 Å². The van der Waals surface area contributed by atoms with Gasteiger partial charge in [-0.05, 0) is 49.9 Å². The Labute approximate surface area is 130 Å². The van der Waals surface area contributed by atoms with Crippen LogP contribution in [0.1, 0.15) is 64.7 Å². The lowest BCUT2D eigenvalue weighted by molar-refractivity contribution is 0.146. The molecule has 0 bridgehead atoms. The molecule has 5 atom stereocenters. The smallest absolute Gasteiger partial charge is 0.150 e. The Balaban J connectivity index is 2.02. The summed E-state index contributed by atoms with van der Waals surface area (Å²) in [4.78, 5) is 0. The molecule has 124 valence electrons. The molecule has 2 rings (SSSR count).